The molecule has 92 valence electrons. The second kappa shape index (κ2) is 6.70. The van der Waals surface area contributed by atoms with Gasteiger partial charge >= 0.3 is 5.97 Å². The lowest BCUT2D eigenvalue weighted by Crippen LogP contribution is -2.13. The zero-order valence-corrected chi connectivity index (χ0v) is 10.1. The predicted octanol–water partition coefficient (Wildman–Crippen LogP) is 1.78. The number of carbonyl (C=O) groups is 1. The molecule has 0 fully saturated rings. The van der Waals surface area contributed by atoms with Gasteiger partial charge in [0.2, 0.25) is 0 Å². The summed E-state index contributed by atoms with van der Waals surface area (Å²) in [5.74, 6) is -0.456. The van der Waals surface area contributed by atoms with Crippen molar-refractivity contribution < 1.29 is 14.3 Å². The highest BCUT2D eigenvalue weighted by molar-refractivity contribution is 5.82. The van der Waals surface area contributed by atoms with Crippen molar-refractivity contribution in [1.82, 2.24) is 0 Å². The van der Waals surface area contributed by atoms with Gasteiger partial charge in [0.05, 0.1) is 0 Å². The molecule has 0 spiro atoms. The summed E-state index contributed by atoms with van der Waals surface area (Å²) >= 11 is 0. The molecule has 1 aromatic rings. The van der Waals surface area contributed by atoms with Crippen LogP contribution in [0.3, 0.4) is 0 Å². The molecule has 1 atom stereocenters. The summed E-state index contributed by atoms with van der Waals surface area (Å²) < 4.78 is 10.3. The molecule has 0 aliphatic rings. The van der Waals surface area contributed by atoms with Gasteiger partial charge in [-0.15, -0.1) is 0 Å². The van der Waals surface area contributed by atoms with Gasteiger partial charge in [0, 0.05) is 18.9 Å². The van der Waals surface area contributed by atoms with Crippen LogP contribution >= 0.6 is 0 Å². The molecule has 1 aromatic carbocycles. The van der Waals surface area contributed by atoms with Crippen LogP contribution in [0, 0.1) is 0 Å². The molecule has 4 nitrogen and oxygen atoms in total. The quantitative estimate of drug-likeness (QED) is 0.624. The third kappa shape index (κ3) is 4.70. The van der Waals surface area contributed by atoms with Crippen LogP contribution in [0.15, 0.2) is 42.1 Å². The summed E-state index contributed by atoms with van der Waals surface area (Å²) in [4.78, 5) is 11.3. The van der Waals surface area contributed by atoms with Gasteiger partial charge in [-0.3, -0.25) is 0 Å². The molecule has 0 aliphatic carbocycles. The Morgan fingerprint density at radius 1 is 1.41 bits per heavy atom. The molecular formula is C13H17NO3. The summed E-state index contributed by atoms with van der Waals surface area (Å²) in [6.07, 6.45) is 0.990. The molecule has 1 rings (SSSR count). The molecule has 0 radical (unpaired) electrons. The molecule has 0 amide bonds. The highest BCUT2D eigenvalue weighted by Crippen LogP contribution is 2.16. The lowest BCUT2D eigenvalue weighted by molar-refractivity contribution is -0.141. The number of hydrogen-bond donors (Lipinski definition) is 1. The topological polar surface area (TPSA) is 61.5 Å². The predicted molar refractivity (Wildman–Crippen MR) is 65.1 cm³/mol. The van der Waals surface area contributed by atoms with Crippen LogP contribution < -0.4 is 5.73 Å². The first kappa shape index (κ1) is 13.3. The van der Waals surface area contributed by atoms with Crippen molar-refractivity contribution in [3.63, 3.8) is 0 Å². The number of rotatable bonds is 5. The van der Waals surface area contributed by atoms with Crippen molar-refractivity contribution in [2.75, 3.05) is 13.7 Å². The molecule has 4 heteroatoms. The lowest BCUT2D eigenvalue weighted by Gasteiger charge is -2.15. The van der Waals surface area contributed by atoms with Gasteiger partial charge in [-0.05, 0) is 12.5 Å². The Kier molecular flexibility index (Phi) is 5.23. The van der Waals surface area contributed by atoms with Gasteiger partial charge in [0.15, 0.2) is 0 Å². The highest BCUT2D eigenvalue weighted by Gasteiger charge is 2.12. The monoisotopic (exact) mass is 235 g/mol. The maximum Gasteiger partial charge on any atom is 0.332 e. The molecule has 0 heterocycles. The summed E-state index contributed by atoms with van der Waals surface area (Å²) in [6.45, 7) is 1.80. The van der Waals surface area contributed by atoms with Crippen molar-refractivity contribution >= 4 is 5.97 Å². The van der Waals surface area contributed by atoms with Crippen molar-refractivity contribution in [3.05, 3.63) is 47.7 Å². The van der Waals surface area contributed by atoms with E-state index in [-0.39, 0.29) is 12.7 Å². The molecular weight excluding hydrogens is 218 g/mol. The van der Waals surface area contributed by atoms with Crippen LogP contribution in [0.25, 0.3) is 0 Å². The Bertz CT molecular complexity index is 383. The Labute approximate surface area is 101 Å². The first-order valence-electron chi connectivity index (χ1n) is 5.31. The van der Waals surface area contributed by atoms with Gasteiger partial charge in [-0.25, -0.2) is 4.79 Å². The van der Waals surface area contributed by atoms with E-state index >= 15 is 0 Å². The minimum Gasteiger partial charge on any atom is -0.459 e. The Morgan fingerprint density at radius 3 is 2.59 bits per heavy atom. The van der Waals surface area contributed by atoms with E-state index < -0.39 is 5.97 Å². The molecule has 0 aromatic heterocycles. The smallest absolute Gasteiger partial charge is 0.332 e. The van der Waals surface area contributed by atoms with Gasteiger partial charge in [-0.2, -0.15) is 0 Å². The van der Waals surface area contributed by atoms with Gasteiger partial charge in [0.25, 0.3) is 0 Å². The SMILES string of the molecule is CO[C@H](COC(=O)C=C(C)N)c1ccccc1. The second-order valence-electron chi connectivity index (χ2n) is 3.65. The van der Waals surface area contributed by atoms with Crippen LogP contribution in [0.1, 0.15) is 18.6 Å². The van der Waals surface area contributed by atoms with Crippen LogP contribution in [-0.2, 0) is 14.3 Å². The average molecular weight is 235 g/mol. The summed E-state index contributed by atoms with van der Waals surface area (Å²) in [7, 11) is 1.58. The molecule has 0 unspecified atom stereocenters. The number of nitrogens with two attached hydrogens (primary N) is 1. The molecule has 0 aliphatic heterocycles. The number of hydrogen-bond acceptors (Lipinski definition) is 4. The first-order valence-corrected chi connectivity index (χ1v) is 5.31. The van der Waals surface area contributed by atoms with Crippen LogP contribution in [0.4, 0.5) is 0 Å². The number of esters is 1. The molecule has 0 bridgehead atoms. The minimum atomic E-state index is -0.456. The molecule has 0 saturated heterocycles. The van der Waals surface area contributed by atoms with E-state index in [9.17, 15) is 4.79 Å². The Morgan fingerprint density at radius 2 is 2.06 bits per heavy atom. The average Bonchev–Trinajstić information content (AvgIpc) is 2.30. The van der Waals surface area contributed by atoms with E-state index in [1.165, 1.54) is 6.08 Å². The Balaban J connectivity index is 2.55. The van der Waals surface area contributed by atoms with E-state index in [0.717, 1.165) is 5.56 Å². The minimum absolute atomic E-state index is 0.170. The maximum absolute atomic E-state index is 11.3. The Hall–Kier alpha value is -1.81. The van der Waals surface area contributed by atoms with E-state index in [0.29, 0.717) is 5.70 Å². The summed E-state index contributed by atoms with van der Waals surface area (Å²) in [5.41, 5.74) is 6.76. The fraction of sp³-hybridized carbons (Fsp3) is 0.308. The lowest BCUT2D eigenvalue weighted by atomic mass is 10.1. The van der Waals surface area contributed by atoms with Crippen molar-refractivity contribution in [2.24, 2.45) is 5.73 Å². The normalized spacial score (nSPS) is 13.2. The second-order valence-corrected chi connectivity index (χ2v) is 3.65. The number of methoxy groups -OCH3 is 1. The van der Waals surface area contributed by atoms with Crippen molar-refractivity contribution in [2.45, 2.75) is 13.0 Å². The van der Waals surface area contributed by atoms with Gasteiger partial charge < -0.3 is 15.2 Å². The third-order valence-corrected chi connectivity index (χ3v) is 2.18. The van der Waals surface area contributed by atoms with Gasteiger partial charge in [-0.1, -0.05) is 30.3 Å². The standard InChI is InChI=1S/C13H17NO3/c1-10(14)8-13(15)17-9-12(16-2)11-6-4-3-5-7-11/h3-8,12H,9,14H2,1-2H3/t12-/m1/s1. The maximum atomic E-state index is 11.3. The largest absolute Gasteiger partial charge is 0.459 e. The zero-order chi connectivity index (χ0) is 12.7. The fourth-order valence-corrected chi connectivity index (χ4v) is 1.35. The van der Waals surface area contributed by atoms with E-state index in [2.05, 4.69) is 0 Å². The third-order valence-electron chi connectivity index (χ3n) is 2.18. The van der Waals surface area contributed by atoms with Crippen molar-refractivity contribution in [3.8, 4) is 0 Å². The van der Waals surface area contributed by atoms with Gasteiger partial charge in [0.1, 0.15) is 12.7 Å². The summed E-state index contributed by atoms with van der Waals surface area (Å²) in [6, 6.07) is 9.58. The van der Waals surface area contributed by atoms with E-state index in [1.807, 2.05) is 30.3 Å². The van der Waals surface area contributed by atoms with Crippen LogP contribution in [0.2, 0.25) is 0 Å². The zero-order valence-electron chi connectivity index (χ0n) is 10.1. The fourth-order valence-electron chi connectivity index (χ4n) is 1.35. The van der Waals surface area contributed by atoms with Crippen LogP contribution in [0.5, 0.6) is 0 Å². The number of carbonyl (C=O) groups excluding carboxylic acids is 1. The number of allylic oxidation sites excluding steroid dienone is 1. The summed E-state index contributed by atoms with van der Waals surface area (Å²) in [5, 5.41) is 0. The number of ether oxygens (including phenoxy) is 2. The van der Waals surface area contributed by atoms with E-state index in [1.54, 1.807) is 14.0 Å². The molecule has 17 heavy (non-hydrogen) atoms. The van der Waals surface area contributed by atoms with Crippen LogP contribution in [-0.4, -0.2) is 19.7 Å². The molecule has 2 N–H and O–H groups in total. The van der Waals surface area contributed by atoms with E-state index in [4.69, 9.17) is 15.2 Å². The highest BCUT2D eigenvalue weighted by atomic mass is 16.6. The first-order chi connectivity index (χ1) is 8.13. The number of benzene rings is 1. The van der Waals surface area contributed by atoms with Crippen molar-refractivity contribution in [1.29, 1.82) is 0 Å². The molecule has 0 saturated carbocycles.